The Morgan fingerprint density at radius 1 is 1.32 bits per heavy atom. The Morgan fingerprint density at radius 2 is 2.12 bits per heavy atom. The quantitative estimate of drug-likeness (QED) is 0.795. The average Bonchev–Trinajstić information content (AvgIpc) is 3.14. The lowest BCUT2D eigenvalue weighted by molar-refractivity contribution is -0.136. The third-order valence-electron chi connectivity index (χ3n) is 7.37. The van der Waals surface area contributed by atoms with Crippen molar-refractivity contribution in [3.05, 3.63) is 23.3 Å². The van der Waals surface area contributed by atoms with Crippen molar-refractivity contribution in [2.24, 2.45) is 22.7 Å². The van der Waals surface area contributed by atoms with Crippen LogP contribution in [0.1, 0.15) is 46.0 Å². The number of hydrogen-bond acceptors (Lipinski definition) is 5. The normalized spacial score (nSPS) is 42.9. The van der Waals surface area contributed by atoms with E-state index in [1.165, 1.54) is 0 Å². The van der Waals surface area contributed by atoms with Crippen molar-refractivity contribution >= 4 is 11.9 Å². The summed E-state index contributed by atoms with van der Waals surface area (Å²) in [6.07, 6.45) is 7.17. The summed E-state index contributed by atoms with van der Waals surface area (Å²) in [5.41, 5.74) is 1.49. The molecule has 2 aliphatic carbocycles. The summed E-state index contributed by atoms with van der Waals surface area (Å²) in [4.78, 5) is 23.5. The second-order valence-corrected chi connectivity index (χ2v) is 8.52. The second-order valence-electron chi connectivity index (χ2n) is 8.52. The van der Waals surface area contributed by atoms with Crippen molar-refractivity contribution in [3.8, 4) is 0 Å². The zero-order valence-corrected chi connectivity index (χ0v) is 14.9. The van der Waals surface area contributed by atoms with Crippen LogP contribution in [0.25, 0.3) is 0 Å². The van der Waals surface area contributed by atoms with E-state index in [9.17, 15) is 14.7 Å². The Hall–Kier alpha value is -1.62. The highest BCUT2D eigenvalue weighted by Gasteiger charge is 2.61. The molecular weight excluding hydrogens is 320 g/mol. The topological polar surface area (TPSA) is 72.8 Å². The standard InChI is InChI=1S/C20H26O5/c1-12-3-6-20-11-25-18(23)15(20)8-14(21)9-16(20)19(12,2)5-4-13-7-17(22)24-10-13/h7-8,12,14,16,21H,3-6,9-11H2,1-2H3/t12-,14-,16+,19-,20-/m1/s1. The van der Waals surface area contributed by atoms with Crippen LogP contribution >= 0.6 is 0 Å². The third kappa shape index (κ3) is 2.47. The van der Waals surface area contributed by atoms with E-state index in [0.29, 0.717) is 31.1 Å². The van der Waals surface area contributed by atoms with Crippen LogP contribution in [0.4, 0.5) is 0 Å². The molecule has 0 aromatic carbocycles. The highest BCUT2D eigenvalue weighted by Crippen LogP contribution is 2.63. The van der Waals surface area contributed by atoms with Crippen LogP contribution < -0.4 is 0 Å². The Morgan fingerprint density at radius 3 is 2.84 bits per heavy atom. The van der Waals surface area contributed by atoms with Gasteiger partial charge < -0.3 is 14.6 Å². The lowest BCUT2D eigenvalue weighted by Gasteiger charge is -2.57. The lowest BCUT2D eigenvalue weighted by atomic mass is 9.46. The van der Waals surface area contributed by atoms with Gasteiger partial charge in [0.25, 0.3) is 0 Å². The van der Waals surface area contributed by atoms with Crippen LogP contribution in [0.2, 0.25) is 0 Å². The predicted octanol–water partition coefficient (Wildman–Crippen LogP) is 2.54. The number of hydrogen-bond donors (Lipinski definition) is 1. The van der Waals surface area contributed by atoms with Crippen LogP contribution in [-0.2, 0) is 19.1 Å². The van der Waals surface area contributed by atoms with E-state index in [1.807, 2.05) is 0 Å². The first-order valence-corrected chi connectivity index (χ1v) is 9.29. The lowest BCUT2D eigenvalue weighted by Crippen LogP contribution is -2.53. The maximum absolute atomic E-state index is 12.2. The molecule has 136 valence electrons. The first-order chi connectivity index (χ1) is 11.8. The number of aliphatic hydroxyl groups is 1. The molecule has 0 aromatic heterocycles. The molecule has 4 aliphatic rings. The second kappa shape index (κ2) is 5.70. The van der Waals surface area contributed by atoms with E-state index in [4.69, 9.17) is 9.47 Å². The number of carbonyl (C=O) groups excluding carboxylic acids is 2. The molecule has 0 radical (unpaired) electrons. The highest BCUT2D eigenvalue weighted by atomic mass is 16.5. The number of aliphatic hydroxyl groups excluding tert-OH is 1. The van der Waals surface area contributed by atoms with Crippen molar-refractivity contribution in [2.75, 3.05) is 13.2 Å². The minimum atomic E-state index is -0.584. The van der Waals surface area contributed by atoms with E-state index in [-0.39, 0.29) is 28.7 Å². The van der Waals surface area contributed by atoms with Crippen LogP contribution in [0.15, 0.2) is 23.3 Å². The van der Waals surface area contributed by atoms with Gasteiger partial charge in [0.2, 0.25) is 0 Å². The molecule has 5 nitrogen and oxygen atoms in total. The van der Waals surface area contributed by atoms with E-state index in [0.717, 1.165) is 31.3 Å². The largest absolute Gasteiger partial charge is 0.461 e. The molecule has 5 atom stereocenters. The van der Waals surface area contributed by atoms with Gasteiger partial charge >= 0.3 is 11.9 Å². The van der Waals surface area contributed by atoms with Crippen LogP contribution in [0, 0.1) is 22.7 Å². The van der Waals surface area contributed by atoms with Gasteiger partial charge in [-0.25, -0.2) is 9.59 Å². The summed E-state index contributed by atoms with van der Waals surface area (Å²) in [6, 6.07) is 0. The van der Waals surface area contributed by atoms with Gasteiger partial charge in [-0.15, -0.1) is 0 Å². The highest BCUT2D eigenvalue weighted by molar-refractivity contribution is 5.93. The number of esters is 2. The molecular formula is C20H26O5. The molecule has 0 bridgehead atoms. The zero-order valence-electron chi connectivity index (χ0n) is 14.9. The van der Waals surface area contributed by atoms with Crippen LogP contribution in [-0.4, -0.2) is 36.4 Å². The van der Waals surface area contributed by atoms with Gasteiger partial charge in [-0.3, -0.25) is 0 Å². The van der Waals surface area contributed by atoms with E-state index < -0.39 is 6.10 Å². The first-order valence-electron chi connectivity index (χ1n) is 9.29. The molecule has 2 fully saturated rings. The van der Waals surface area contributed by atoms with E-state index in [2.05, 4.69) is 13.8 Å². The fourth-order valence-corrected chi connectivity index (χ4v) is 5.64. The summed E-state index contributed by atoms with van der Waals surface area (Å²) in [5.74, 6) is 0.201. The van der Waals surface area contributed by atoms with Gasteiger partial charge in [-0.05, 0) is 61.0 Å². The molecule has 25 heavy (non-hydrogen) atoms. The summed E-state index contributed by atoms with van der Waals surface area (Å²) < 4.78 is 10.5. The van der Waals surface area contributed by atoms with Gasteiger partial charge in [-0.1, -0.05) is 13.8 Å². The van der Waals surface area contributed by atoms with Crippen LogP contribution in [0.5, 0.6) is 0 Å². The number of carbonyl (C=O) groups is 2. The van der Waals surface area contributed by atoms with Crippen LogP contribution in [0.3, 0.4) is 0 Å². The molecule has 2 heterocycles. The minimum absolute atomic E-state index is 0.0147. The third-order valence-corrected chi connectivity index (χ3v) is 7.37. The monoisotopic (exact) mass is 346 g/mol. The van der Waals surface area contributed by atoms with Crippen molar-refractivity contribution in [3.63, 3.8) is 0 Å². The molecule has 0 unspecified atom stereocenters. The molecule has 4 rings (SSSR count). The smallest absolute Gasteiger partial charge is 0.334 e. The summed E-state index contributed by atoms with van der Waals surface area (Å²) in [7, 11) is 0. The maximum atomic E-state index is 12.2. The Labute approximate surface area is 148 Å². The van der Waals surface area contributed by atoms with Crippen molar-refractivity contribution in [1.29, 1.82) is 0 Å². The Balaban J connectivity index is 1.65. The molecule has 0 aromatic rings. The Bertz CT molecular complexity index is 678. The fourth-order valence-electron chi connectivity index (χ4n) is 5.64. The van der Waals surface area contributed by atoms with Gasteiger partial charge in [0, 0.05) is 17.1 Å². The molecule has 1 N–H and O–H groups in total. The van der Waals surface area contributed by atoms with Crippen molar-refractivity contribution in [1.82, 2.24) is 0 Å². The Kier molecular flexibility index (Phi) is 3.83. The molecule has 1 spiro atoms. The molecule has 1 saturated carbocycles. The number of ether oxygens (including phenoxy) is 2. The molecule has 1 saturated heterocycles. The predicted molar refractivity (Wildman–Crippen MR) is 90.4 cm³/mol. The SMILES string of the molecule is C[C@@H]1CC[C@@]23COC(=O)C2=C[C@@H](O)C[C@H]3[C@]1(C)CCC1=CC(=O)OC1. The van der Waals surface area contributed by atoms with Crippen molar-refractivity contribution in [2.45, 2.75) is 52.1 Å². The summed E-state index contributed by atoms with van der Waals surface area (Å²) >= 11 is 0. The maximum Gasteiger partial charge on any atom is 0.334 e. The number of rotatable bonds is 3. The van der Waals surface area contributed by atoms with Crippen molar-refractivity contribution < 1.29 is 24.2 Å². The molecule has 2 aliphatic heterocycles. The fraction of sp³-hybridized carbons (Fsp3) is 0.700. The van der Waals surface area contributed by atoms with E-state index >= 15 is 0 Å². The zero-order chi connectivity index (χ0) is 17.8. The van der Waals surface area contributed by atoms with Gasteiger partial charge in [0.15, 0.2) is 0 Å². The summed E-state index contributed by atoms with van der Waals surface area (Å²) in [6.45, 7) is 5.41. The number of cyclic esters (lactones) is 2. The molecule has 0 amide bonds. The first kappa shape index (κ1) is 16.8. The van der Waals surface area contributed by atoms with Gasteiger partial charge in [0.1, 0.15) is 13.2 Å². The van der Waals surface area contributed by atoms with E-state index in [1.54, 1.807) is 12.2 Å². The summed E-state index contributed by atoms with van der Waals surface area (Å²) in [5, 5.41) is 10.4. The molecule has 5 heteroatoms. The minimum Gasteiger partial charge on any atom is -0.461 e. The van der Waals surface area contributed by atoms with Gasteiger partial charge in [-0.2, -0.15) is 0 Å². The average molecular weight is 346 g/mol. The van der Waals surface area contributed by atoms with Gasteiger partial charge in [0.05, 0.1) is 6.10 Å².